The maximum atomic E-state index is 8.57. The predicted octanol–water partition coefficient (Wildman–Crippen LogP) is 0.965. The maximum Gasteiger partial charge on any atom is 0.321 e. The summed E-state index contributed by atoms with van der Waals surface area (Å²) in [6.07, 6.45) is 0. The van der Waals surface area contributed by atoms with E-state index in [2.05, 4.69) is 16.3 Å². The Morgan fingerprint density at radius 2 is 2.20 bits per heavy atom. The van der Waals surface area contributed by atoms with Gasteiger partial charge in [-0.15, -0.1) is 0 Å². The molecule has 0 spiro atoms. The molecule has 0 aliphatic carbocycles. The molecule has 0 saturated heterocycles. The normalized spacial score (nSPS) is 11.9. The maximum absolute atomic E-state index is 8.57. The molecule has 3 nitrogen and oxygen atoms in total. The second-order valence-electron chi connectivity index (χ2n) is 1.52. The van der Waals surface area contributed by atoms with Gasteiger partial charge in [-0.05, 0) is 17.6 Å². The van der Waals surface area contributed by atoms with Crippen molar-refractivity contribution >= 4 is 30.3 Å². The van der Waals surface area contributed by atoms with E-state index in [0.717, 1.165) is 11.5 Å². The van der Waals surface area contributed by atoms with Crippen molar-refractivity contribution in [1.82, 2.24) is 0 Å². The van der Waals surface area contributed by atoms with E-state index in [1.807, 2.05) is 6.92 Å². The molecule has 0 aromatic rings. The third-order valence-electron chi connectivity index (χ3n) is 0.691. The Morgan fingerprint density at radius 1 is 1.60 bits per heavy atom. The molecule has 0 atom stereocenters. The van der Waals surface area contributed by atoms with Gasteiger partial charge < -0.3 is 14.3 Å². The zero-order valence-corrected chi connectivity index (χ0v) is 8.22. The molecule has 0 bridgehead atoms. The van der Waals surface area contributed by atoms with Crippen LogP contribution < -0.4 is 0 Å². The van der Waals surface area contributed by atoms with Crippen LogP contribution >= 0.6 is 18.5 Å². The van der Waals surface area contributed by atoms with Gasteiger partial charge in [0.2, 0.25) is 0 Å². The van der Waals surface area contributed by atoms with Gasteiger partial charge in [-0.1, -0.05) is 6.92 Å². The highest BCUT2D eigenvalue weighted by molar-refractivity contribution is 8.06. The molecule has 0 fully saturated rings. The van der Waals surface area contributed by atoms with Crippen molar-refractivity contribution in [3.8, 4) is 0 Å². The number of thioether (sulfide) groups is 1. The van der Waals surface area contributed by atoms with Crippen LogP contribution in [0.25, 0.3) is 0 Å². The van der Waals surface area contributed by atoms with E-state index in [9.17, 15) is 0 Å². The zero-order chi connectivity index (χ0) is 8.04. The second kappa shape index (κ2) is 5.52. The van der Waals surface area contributed by atoms with E-state index in [1.54, 1.807) is 11.8 Å². The molecule has 0 aliphatic heterocycles. The van der Waals surface area contributed by atoms with Crippen molar-refractivity contribution in [1.29, 1.82) is 0 Å². The van der Waals surface area contributed by atoms with Gasteiger partial charge in [-0.3, -0.25) is 0 Å². The monoisotopic (exact) mass is 202 g/mol. The molecule has 0 unspecified atom stereocenters. The molecule has 0 saturated carbocycles. The molecule has 10 heavy (non-hydrogen) atoms. The van der Waals surface area contributed by atoms with Crippen molar-refractivity contribution in [2.45, 2.75) is 6.92 Å². The van der Waals surface area contributed by atoms with Crippen LogP contribution in [0.1, 0.15) is 6.92 Å². The average molecular weight is 202 g/mol. The fraction of sp³-hybridized carbons (Fsp3) is 1.00. The van der Waals surface area contributed by atoms with Gasteiger partial charge in [0.25, 0.3) is 0 Å². The van der Waals surface area contributed by atoms with Gasteiger partial charge in [0.15, 0.2) is 0 Å². The van der Waals surface area contributed by atoms with E-state index in [4.69, 9.17) is 9.79 Å². The molecule has 0 rings (SSSR count). The van der Waals surface area contributed by atoms with Crippen molar-refractivity contribution in [2.24, 2.45) is 0 Å². The van der Waals surface area contributed by atoms with E-state index in [-0.39, 0.29) is 0 Å². The first-order chi connectivity index (χ1) is 4.56. The fourth-order valence-corrected chi connectivity index (χ4v) is 1.53. The second-order valence-corrected chi connectivity index (χ2v) is 5.58. The smallest absolute Gasteiger partial charge is 0.321 e. The molecule has 0 heterocycles. The molecule has 6 heteroatoms. The lowest BCUT2D eigenvalue weighted by Crippen LogP contribution is -1.94. The Hall–Kier alpha value is 0.880. The van der Waals surface area contributed by atoms with Gasteiger partial charge in [0.05, 0.1) is 6.61 Å². The average Bonchev–Trinajstić information content (AvgIpc) is 1.78. The van der Waals surface area contributed by atoms with Crippen molar-refractivity contribution in [2.75, 3.05) is 18.1 Å². The quantitative estimate of drug-likeness (QED) is 0.514. The van der Waals surface area contributed by atoms with Crippen LogP contribution in [0.3, 0.4) is 0 Å². The first kappa shape index (κ1) is 10.9. The topological polar surface area (TPSA) is 49.7 Å². The molecule has 2 N–H and O–H groups in total. The van der Waals surface area contributed by atoms with Gasteiger partial charge in [0, 0.05) is 5.75 Å². The lowest BCUT2D eigenvalue weighted by molar-refractivity contribution is 0.267. The Balaban J connectivity index is 3.13. The summed E-state index contributed by atoms with van der Waals surface area (Å²) in [5, 5.41) is 0. The van der Waals surface area contributed by atoms with E-state index in [1.165, 1.54) is 0 Å². The molecule has 0 radical (unpaired) electrons. The minimum Gasteiger partial charge on any atom is -0.325 e. The van der Waals surface area contributed by atoms with Gasteiger partial charge in [-0.25, -0.2) is 0 Å². The molecular formula is C4H11O3PS2. The lowest BCUT2D eigenvalue weighted by atomic mass is 10.9. The van der Waals surface area contributed by atoms with Gasteiger partial charge >= 0.3 is 6.72 Å². The van der Waals surface area contributed by atoms with Crippen LogP contribution in [0.5, 0.6) is 0 Å². The van der Waals surface area contributed by atoms with E-state index < -0.39 is 6.72 Å². The standard InChI is InChI=1S/C4H11O3PS2/c1-2-10-4-3-7-8(5,6)9/h2-4H2,1H3,(H2,5,6,9). The van der Waals surface area contributed by atoms with Crippen molar-refractivity contribution in [3.05, 3.63) is 0 Å². The van der Waals surface area contributed by atoms with Crippen molar-refractivity contribution in [3.63, 3.8) is 0 Å². The summed E-state index contributed by atoms with van der Waals surface area (Å²) < 4.78 is 4.55. The lowest BCUT2D eigenvalue weighted by Gasteiger charge is -2.06. The Kier molecular flexibility index (Phi) is 6.01. The van der Waals surface area contributed by atoms with Crippen LogP contribution in [0.4, 0.5) is 0 Å². The summed E-state index contributed by atoms with van der Waals surface area (Å²) in [6.45, 7) is -1.04. The SMILES string of the molecule is CCSCCOP(O)(O)=S. The fourth-order valence-electron chi connectivity index (χ4n) is 0.359. The van der Waals surface area contributed by atoms with Crippen LogP contribution in [0.15, 0.2) is 0 Å². The Bertz CT molecular complexity index is 124. The van der Waals surface area contributed by atoms with E-state index in [0.29, 0.717) is 6.61 Å². The summed E-state index contributed by atoms with van der Waals surface area (Å²) in [4.78, 5) is 17.1. The number of rotatable bonds is 5. The summed E-state index contributed by atoms with van der Waals surface area (Å²) >= 11 is 5.90. The third kappa shape index (κ3) is 8.88. The Morgan fingerprint density at radius 3 is 2.60 bits per heavy atom. The Labute approximate surface area is 70.0 Å². The van der Waals surface area contributed by atoms with Crippen molar-refractivity contribution < 1.29 is 14.3 Å². The largest absolute Gasteiger partial charge is 0.325 e. The van der Waals surface area contributed by atoms with Gasteiger partial charge in [0.1, 0.15) is 0 Å². The molecule has 0 aromatic carbocycles. The predicted molar refractivity (Wildman–Crippen MR) is 47.7 cm³/mol. The molecule has 0 amide bonds. The highest BCUT2D eigenvalue weighted by Crippen LogP contribution is 2.36. The molecule has 62 valence electrons. The van der Waals surface area contributed by atoms with Crippen LogP contribution in [-0.2, 0) is 16.3 Å². The van der Waals surface area contributed by atoms with Crippen LogP contribution in [0.2, 0.25) is 0 Å². The number of hydrogen-bond acceptors (Lipinski definition) is 3. The minimum absolute atomic E-state index is 0.322. The third-order valence-corrected chi connectivity index (χ3v) is 2.39. The molecular weight excluding hydrogens is 191 g/mol. The summed E-state index contributed by atoms with van der Waals surface area (Å²) in [5.41, 5.74) is 0. The first-order valence-corrected chi connectivity index (χ1v) is 6.62. The first-order valence-electron chi connectivity index (χ1n) is 2.84. The van der Waals surface area contributed by atoms with E-state index >= 15 is 0 Å². The summed E-state index contributed by atoms with van der Waals surface area (Å²) in [7, 11) is 0. The molecule has 0 aromatic heterocycles. The van der Waals surface area contributed by atoms with Crippen LogP contribution in [-0.4, -0.2) is 27.9 Å². The zero-order valence-electron chi connectivity index (χ0n) is 5.69. The summed E-state index contributed by atoms with van der Waals surface area (Å²) in [6, 6.07) is 0. The minimum atomic E-state index is -3.39. The molecule has 0 aliphatic rings. The van der Waals surface area contributed by atoms with Crippen LogP contribution in [0, 0.1) is 0 Å². The number of hydrogen-bond donors (Lipinski definition) is 2. The summed E-state index contributed by atoms with van der Waals surface area (Å²) in [5.74, 6) is 1.76. The highest BCUT2D eigenvalue weighted by atomic mass is 32.5. The highest BCUT2D eigenvalue weighted by Gasteiger charge is 2.05. The van der Waals surface area contributed by atoms with Gasteiger partial charge in [-0.2, -0.15) is 11.8 Å².